The van der Waals surface area contributed by atoms with Gasteiger partial charge in [-0.25, -0.2) is 4.39 Å². The van der Waals surface area contributed by atoms with Crippen LogP contribution >= 0.6 is 0 Å². The SMILES string of the molecule is CC(C)(C)N1CCC[C@@H](C(=O)c2cccc(F)c2OCC2CC2)C1. The lowest BCUT2D eigenvalue weighted by Crippen LogP contribution is -2.48. The van der Waals surface area contributed by atoms with Crippen molar-refractivity contribution in [2.75, 3.05) is 19.7 Å². The molecule has 1 heterocycles. The summed E-state index contributed by atoms with van der Waals surface area (Å²) < 4.78 is 19.9. The Balaban J connectivity index is 1.77. The first kappa shape index (κ1) is 17.4. The van der Waals surface area contributed by atoms with E-state index in [0.717, 1.165) is 38.8 Å². The maximum atomic E-state index is 14.2. The molecule has 0 amide bonds. The first-order valence-corrected chi connectivity index (χ1v) is 9.07. The van der Waals surface area contributed by atoms with Gasteiger partial charge in [-0.3, -0.25) is 9.69 Å². The zero-order valence-corrected chi connectivity index (χ0v) is 15.0. The van der Waals surface area contributed by atoms with Gasteiger partial charge in [-0.15, -0.1) is 0 Å². The third-order valence-corrected chi connectivity index (χ3v) is 5.13. The van der Waals surface area contributed by atoms with E-state index in [-0.39, 0.29) is 23.0 Å². The van der Waals surface area contributed by atoms with Crippen molar-refractivity contribution in [2.24, 2.45) is 11.8 Å². The van der Waals surface area contributed by atoms with Crippen LogP contribution in [-0.4, -0.2) is 35.9 Å². The van der Waals surface area contributed by atoms with Crippen LogP contribution in [0, 0.1) is 17.7 Å². The molecule has 3 rings (SSSR count). The van der Waals surface area contributed by atoms with Gasteiger partial charge in [-0.2, -0.15) is 0 Å². The van der Waals surface area contributed by atoms with Gasteiger partial charge in [0, 0.05) is 18.0 Å². The molecule has 3 nitrogen and oxygen atoms in total. The maximum absolute atomic E-state index is 14.2. The fourth-order valence-electron chi connectivity index (χ4n) is 3.36. The maximum Gasteiger partial charge on any atom is 0.171 e. The summed E-state index contributed by atoms with van der Waals surface area (Å²) >= 11 is 0. The molecule has 24 heavy (non-hydrogen) atoms. The van der Waals surface area contributed by atoms with E-state index >= 15 is 0 Å². The fraction of sp³-hybridized carbons (Fsp3) is 0.650. The van der Waals surface area contributed by atoms with E-state index in [1.54, 1.807) is 12.1 Å². The van der Waals surface area contributed by atoms with E-state index in [2.05, 4.69) is 25.7 Å². The van der Waals surface area contributed by atoms with Gasteiger partial charge in [0.2, 0.25) is 0 Å². The Labute approximate surface area is 144 Å². The molecule has 1 aliphatic carbocycles. The van der Waals surface area contributed by atoms with E-state index in [1.165, 1.54) is 6.07 Å². The number of hydrogen-bond acceptors (Lipinski definition) is 3. The van der Waals surface area contributed by atoms with Crippen molar-refractivity contribution in [1.82, 2.24) is 4.90 Å². The zero-order chi connectivity index (χ0) is 17.3. The number of piperidine rings is 1. The average Bonchev–Trinajstić information content (AvgIpc) is 3.36. The van der Waals surface area contributed by atoms with E-state index < -0.39 is 5.82 Å². The van der Waals surface area contributed by atoms with Gasteiger partial charge in [0.05, 0.1) is 12.2 Å². The van der Waals surface area contributed by atoms with Crippen LogP contribution in [0.3, 0.4) is 0 Å². The number of benzene rings is 1. The number of halogens is 1. The van der Waals surface area contributed by atoms with Crippen molar-refractivity contribution in [2.45, 2.75) is 52.0 Å². The number of para-hydroxylation sites is 1. The largest absolute Gasteiger partial charge is 0.489 e. The third-order valence-electron chi connectivity index (χ3n) is 5.13. The Morgan fingerprint density at radius 3 is 2.71 bits per heavy atom. The second-order valence-electron chi connectivity index (χ2n) is 8.19. The van der Waals surface area contributed by atoms with Gasteiger partial charge >= 0.3 is 0 Å². The normalized spacial score (nSPS) is 22.4. The van der Waals surface area contributed by atoms with Crippen LogP contribution in [0.5, 0.6) is 5.75 Å². The molecule has 2 aliphatic rings. The number of hydrogen-bond donors (Lipinski definition) is 0. The summed E-state index contributed by atoms with van der Waals surface area (Å²) in [5, 5.41) is 0. The van der Waals surface area contributed by atoms with Crippen LogP contribution in [0.25, 0.3) is 0 Å². The number of ketones is 1. The van der Waals surface area contributed by atoms with Crippen molar-refractivity contribution in [1.29, 1.82) is 0 Å². The van der Waals surface area contributed by atoms with Crippen LogP contribution in [0.4, 0.5) is 4.39 Å². The molecule has 1 aromatic carbocycles. The lowest BCUT2D eigenvalue weighted by Gasteiger charge is -2.41. The highest BCUT2D eigenvalue weighted by Gasteiger charge is 2.33. The number of rotatable bonds is 5. The van der Waals surface area contributed by atoms with Crippen LogP contribution in [0.2, 0.25) is 0 Å². The molecular formula is C20H28FNO2. The standard InChI is InChI=1S/C20H28FNO2/c1-20(2,3)22-11-5-6-15(12-22)18(23)16-7-4-8-17(21)19(16)24-13-14-9-10-14/h4,7-8,14-15H,5-6,9-13H2,1-3H3/t15-/m1/s1. The summed E-state index contributed by atoms with van der Waals surface area (Å²) in [5.74, 6) is 0.197. The Bertz CT molecular complexity index is 604. The van der Waals surface area contributed by atoms with Crippen LogP contribution < -0.4 is 4.74 Å². The number of ether oxygens (including phenoxy) is 1. The van der Waals surface area contributed by atoms with E-state index in [9.17, 15) is 9.18 Å². The van der Waals surface area contributed by atoms with Crippen LogP contribution in [-0.2, 0) is 0 Å². The second-order valence-corrected chi connectivity index (χ2v) is 8.19. The van der Waals surface area contributed by atoms with E-state index in [0.29, 0.717) is 18.1 Å². The van der Waals surface area contributed by atoms with Gasteiger partial charge < -0.3 is 4.74 Å². The summed E-state index contributed by atoms with van der Waals surface area (Å²) in [6, 6.07) is 4.70. The Morgan fingerprint density at radius 1 is 1.29 bits per heavy atom. The molecule has 0 unspecified atom stereocenters. The average molecular weight is 333 g/mol. The van der Waals surface area contributed by atoms with Crippen molar-refractivity contribution < 1.29 is 13.9 Å². The highest BCUT2D eigenvalue weighted by Crippen LogP contribution is 2.33. The summed E-state index contributed by atoms with van der Waals surface area (Å²) in [7, 11) is 0. The lowest BCUT2D eigenvalue weighted by atomic mass is 9.87. The van der Waals surface area contributed by atoms with E-state index in [1.807, 2.05) is 0 Å². The molecule has 4 heteroatoms. The van der Waals surface area contributed by atoms with Crippen molar-refractivity contribution in [3.8, 4) is 5.75 Å². The Hall–Kier alpha value is -1.42. The molecule has 2 fully saturated rings. The highest BCUT2D eigenvalue weighted by molar-refractivity contribution is 6.00. The fourth-order valence-corrected chi connectivity index (χ4v) is 3.36. The molecule has 1 aliphatic heterocycles. The lowest BCUT2D eigenvalue weighted by molar-refractivity contribution is 0.0613. The van der Waals surface area contributed by atoms with Crippen LogP contribution in [0.1, 0.15) is 56.8 Å². The van der Waals surface area contributed by atoms with Gasteiger partial charge in [0.15, 0.2) is 17.3 Å². The summed E-state index contributed by atoms with van der Waals surface area (Å²) in [6.45, 7) is 8.78. The molecule has 0 bridgehead atoms. The molecule has 132 valence electrons. The number of carbonyl (C=O) groups is 1. The Kier molecular flexibility index (Phi) is 4.95. The van der Waals surface area contributed by atoms with Gasteiger partial charge in [-0.1, -0.05) is 6.07 Å². The zero-order valence-electron chi connectivity index (χ0n) is 15.0. The monoisotopic (exact) mass is 333 g/mol. The minimum Gasteiger partial charge on any atom is -0.489 e. The topological polar surface area (TPSA) is 29.5 Å². The minimum atomic E-state index is -0.426. The van der Waals surface area contributed by atoms with Gasteiger partial charge in [0.1, 0.15) is 0 Å². The number of carbonyl (C=O) groups excluding carboxylic acids is 1. The first-order chi connectivity index (χ1) is 11.4. The van der Waals surface area contributed by atoms with Crippen molar-refractivity contribution in [3.63, 3.8) is 0 Å². The van der Waals surface area contributed by atoms with E-state index in [4.69, 9.17) is 4.74 Å². The molecule has 1 aromatic rings. The molecule has 1 saturated heterocycles. The summed E-state index contributed by atoms with van der Waals surface area (Å²) in [4.78, 5) is 15.4. The number of nitrogens with zero attached hydrogens (tertiary/aromatic N) is 1. The van der Waals surface area contributed by atoms with Gasteiger partial charge in [0.25, 0.3) is 0 Å². The summed E-state index contributed by atoms with van der Waals surface area (Å²) in [5.41, 5.74) is 0.461. The third kappa shape index (κ3) is 3.97. The molecule has 1 saturated carbocycles. The molecule has 0 aromatic heterocycles. The molecule has 1 atom stereocenters. The summed E-state index contributed by atoms with van der Waals surface area (Å²) in [6.07, 6.45) is 4.15. The smallest absolute Gasteiger partial charge is 0.171 e. The predicted octanol–water partition coefficient (Wildman–Crippen LogP) is 4.31. The quantitative estimate of drug-likeness (QED) is 0.752. The minimum absolute atomic E-state index is 0.0225. The number of likely N-dealkylation sites (tertiary alicyclic amines) is 1. The first-order valence-electron chi connectivity index (χ1n) is 9.07. The predicted molar refractivity (Wildman–Crippen MR) is 93.0 cm³/mol. The second kappa shape index (κ2) is 6.83. The number of Topliss-reactive ketones (excluding diaryl/α,β-unsaturated/α-hetero) is 1. The molecular weight excluding hydrogens is 305 g/mol. The van der Waals surface area contributed by atoms with Crippen molar-refractivity contribution >= 4 is 5.78 Å². The van der Waals surface area contributed by atoms with Crippen molar-refractivity contribution in [3.05, 3.63) is 29.6 Å². The highest BCUT2D eigenvalue weighted by atomic mass is 19.1. The molecule has 0 radical (unpaired) electrons. The van der Waals surface area contributed by atoms with Gasteiger partial charge in [-0.05, 0) is 71.0 Å². The van der Waals surface area contributed by atoms with Crippen LogP contribution in [0.15, 0.2) is 18.2 Å². The molecule has 0 spiro atoms. The molecule has 0 N–H and O–H groups in total. The Morgan fingerprint density at radius 2 is 2.04 bits per heavy atom.